The van der Waals surface area contributed by atoms with Crippen molar-refractivity contribution in [2.75, 3.05) is 19.8 Å². The van der Waals surface area contributed by atoms with Gasteiger partial charge in [-0.25, -0.2) is 4.79 Å². The summed E-state index contributed by atoms with van der Waals surface area (Å²) in [7, 11) is 0. The van der Waals surface area contributed by atoms with Crippen molar-refractivity contribution in [1.82, 2.24) is 5.06 Å². The summed E-state index contributed by atoms with van der Waals surface area (Å²) in [6, 6.07) is 0. The third kappa shape index (κ3) is 15.8. The van der Waals surface area contributed by atoms with Crippen molar-refractivity contribution in [2.45, 2.75) is 60.0 Å². The predicted molar refractivity (Wildman–Crippen MR) is 94.7 cm³/mol. The zero-order valence-corrected chi connectivity index (χ0v) is 16.7. The highest BCUT2D eigenvalue weighted by molar-refractivity contribution is 7.96. The number of rotatable bonds is 8. The molecule has 0 N–H and O–H groups in total. The molecule has 0 radical (unpaired) electrons. The minimum Gasteiger partial charge on any atom is -0.379 e. The van der Waals surface area contributed by atoms with Crippen LogP contribution in [0.2, 0.25) is 0 Å². The molecule has 0 aromatic carbocycles. The van der Waals surface area contributed by atoms with Gasteiger partial charge in [-0.05, 0) is 20.8 Å². The van der Waals surface area contributed by atoms with Crippen molar-refractivity contribution in [3.05, 3.63) is 0 Å². The van der Waals surface area contributed by atoms with E-state index in [2.05, 4.69) is 12.6 Å². The SMILES string of the molecule is CC(=O)S.CCOCCOC(C)(C)CC(=O)ON(C(C)=O)C(=O)CC. The van der Waals surface area contributed by atoms with Gasteiger partial charge in [-0.3, -0.25) is 14.4 Å². The Bertz CT molecular complexity index is 448. The van der Waals surface area contributed by atoms with Crippen molar-refractivity contribution in [2.24, 2.45) is 0 Å². The van der Waals surface area contributed by atoms with E-state index in [4.69, 9.17) is 14.3 Å². The van der Waals surface area contributed by atoms with Crippen molar-refractivity contribution in [1.29, 1.82) is 0 Å². The molecule has 146 valence electrons. The molecule has 0 bridgehead atoms. The number of thiol groups is 1. The second-order valence-corrected chi connectivity index (χ2v) is 6.15. The van der Waals surface area contributed by atoms with Gasteiger partial charge in [0.1, 0.15) is 0 Å². The van der Waals surface area contributed by atoms with Gasteiger partial charge in [0.2, 0.25) is 0 Å². The molecule has 2 amide bonds. The molecular formula is C16H29NO7S. The molecule has 0 saturated heterocycles. The van der Waals surface area contributed by atoms with E-state index in [0.29, 0.717) is 24.9 Å². The van der Waals surface area contributed by atoms with Crippen LogP contribution in [0.4, 0.5) is 0 Å². The largest absolute Gasteiger partial charge is 0.379 e. The molecule has 0 aliphatic heterocycles. The van der Waals surface area contributed by atoms with E-state index >= 15 is 0 Å². The highest BCUT2D eigenvalue weighted by Crippen LogP contribution is 2.16. The van der Waals surface area contributed by atoms with Gasteiger partial charge in [0.05, 0.1) is 25.2 Å². The number of carbonyl (C=O) groups is 4. The Labute approximate surface area is 154 Å². The van der Waals surface area contributed by atoms with Gasteiger partial charge in [-0.1, -0.05) is 6.92 Å². The van der Waals surface area contributed by atoms with Gasteiger partial charge in [0.15, 0.2) is 5.12 Å². The fourth-order valence-corrected chi connectivity index (χ4v) is 1.49. The van der Waals surface area contributed by atoms with Crippen LogP contribution in [0.1, 0.15) is 54.4 Å². The third-order valence-electron chi connectivity index (χ3n) is 2.50. The van der Waals surface area contributed by atoms with E-state index in [9.17, 15) is 19.2 Å². The summed E-state index contributed by atoms with van der Waals surface area (Å²) in [4.78, 5) is 48.7. The molecular weight excluding hydrogens is 350 g/mol. The quantitative estimate of drug-likeness (QED) is 0.391. The molecule has 0 fully saturated rings. The van der Waals surface area contributed by atoms with Gasteiger partial charge in [0.25, 0.3) is 11.8 Å². The van der Waals surface area contributed by atoms with Gasteiger partial charge < -0.3 is 14.3 Å². The molecule has 0 atom stereocenters. The Hall–Kier alpha value is -1.45. The molecule has 0 heterocycles. The lowest BCUT2D eigenvalue weighted by Crippen LogP contribution is -2.39. The minimum absolute atomic E-state index is 0.0705. The van der Waals surface area contributed by atoms with Crippen LogP contribution >= 0.6 is 12.6 Å². The molecule has 9 heteroatoms. The van der Waals surface area contributed by atoms with Crippen LogP contribution in [0.3, 0.4) is 0 Å². The molecule has 0 aromatic heterocycles. The maximum Gasteiger partial charge on any atom is 0.336 e. The molecule has 0 spiro atoms. The summed E-state index contributed by atoms with van der Waals surface area (Å²) in [5.41, 5.74) is -0.772. The predicted octanol–water partition coefficient (Wildman–Crippen LogP) is 1.91. The fraction of sp³-hybridized carbons (Fsp3) is 0.750. The van der Waals surface area contributed by atoms with Crippen LogP contribution in [0.15, 0.2) is 0 Å². The zero-order valence-electron chi connectivity index (χ0n) is 15.8. The van der Waals surface area contributed by atoms with Crippen molar-refractivity contribution in [3.8, 4) is 0 Å². The van der Waals surface area contributed by atoms with Gasteiger partial charge in [-0.15, -0.1) is 17.7 Å². The number of carbonyl (C=O) groups excluding carboxylic acids is 4. The Kier molecular flexibility index (Phi) is 14.2. The summed E-state index contributed by atoms with van der Waals surface area (Å²) < 4.78 is 10.7. The molecule has 0 rings (SSSR count). The molecule has 0 aliphatic rings. The zero-order chi connectivity index (χ0) is 20.0. The van der Waals surface area contributed by atoms with Gasteiger partial charge >= 0.3 is 5.97 Å². The average Bonchev–Trinajstić information content (AvgIpc) is 2.47. The van der Waals surface area contributed by atoms with Crippen LogP contribution in [0.5, 0.6) is 0 Å². The van der Waals surface area contributed by atoms with Crippen molar-refractivity contribution >= 4 is 35.5 Å². The maximum absolute atomic E-state index is 11.8. The number of hydrogen-bond acceptors (Lipinski definition) is 7. The topological polar surface area (TPSA) is 99.2 Å². The van der Waals surface area contributed by atoms with Gasteiger partial charge in [-0.2, -0.15) is 0 Å². The first-order valence-electron chi connectivity index (χ1n) is 7.92. The minimum atomic E-state index is -0.772. The molecule has 25 heavy (non-hydrogen) atoms. The maximum atomic E-state index is 11.8. The van der Waals surface area contributed by atoms with Crippen LogP contribution < -0.4 is 0 Å². The summed E-state index contributed by atoms with van der Waals surface area (Å²) >= 11 is 3.33. The van der Waals surface area contributed by atoms with Gasteiger partial charge in [0, 0.05) is 26.9 Å². The summed E-state index contributed by atoms with van der Waals surface area (Å²) in [6.45, 7) is 10.8. The summed E-state index contributed by atoms with van der Waals surface area (Å²) in [6.07, 6.45) is -0.0129. The van der Waals surface area contributed by atoms with E-state index in [0.717, 1.165) is 6.92 Å². The lowest BCUT2D eigenvalue weighted by molar-refractivity contribution is -0.204. The number of hydroxylamine groups is 2. The molecule has 8 nitrogen and oxygen atoms in total. The molecule has 0 unspecified atom stereocenters. The van der Waals surface area contributed by atoms with Crippen LogP contribution in [-0.4, -0.2) is 53.4 Å². The Balaban J connectivity index is 0. The Morgan fingerprint density at radius 2 is 1.56 bits per heavy atom. The second kappa shape index (κ2) is 13.8. The first-order valence-corrected chi connectivity index (χ1v) is 8.37. The Morgan fingerprint density at radius 1 is 1.04 bits per heavy atom. The van der Waals surface area contributed by atoms with E-state index < -0.39 is 23.4 Å². The molecule has 0 aromatic rings. The molecule has 0 aliphatic carbocycles. The third-order valence-corrected chi connectivity index (χ3v) is 2.50. The fourth-order valence-electron chi connectivity index (χ4n) is 1.49. The number of imide groups is 1. The number of amides is 2. The number of hydrogen-bond donors (Lipinski definition) is 1. The van der Waals surface area contributed by atoms with E-state index in [1.807, 2.05) is 6.92 Å². The second-order valence-electron chi connectivity index (χ2n) is 5.52. The highest BCUT2D eigenvalue weighted by Gasteiger charge is 2.28. The van der Waals surface area contributed by atoms with Crippen LogP contribution in [0.25, 0.3) is 0 Å². The monoisotopic (exact) mass is 379 g/mol. The normalized spacial score (nSPS) is 10.4. The number of nitrogens with zero attached hydrogens (tertiary/aromatic N) is 1. The number of ether oxygens (including phenoxy) is 2. The molecule has 0 saturated carbocycles. The highest BCUT2D eigenvalue weighted by atomic mass is 32.1. The van der Waals surface area contributed by atoms with Crippen LogP contribution in [0, 0.1) is 0 Å². The lowest BCUT2D eigenvalue weighted by Gasteiger charge is -2.25. The summed E-state index contributed by atoms with van der Waals surface area (Å²) in [5.74, 6) is -1.90. The summed E-state index contributed by atoms with van der Waals surface area (Å²) in [5, 5.41) is 0.346. The standard InChI is InChI=1S/C14H25NO6.C2H4OS/c1-6-12(17)15(11(3)16)21-13(18)10-14(4,5)20-9-8-19-7-2;1-2(3)4/h6-10H2,1-5H3;1H3,(H,3,4). The van der Waals surface area contributed by atoms with Crippen molar-refractivity contribution in [3.63, 3.8) is 0 Å². The lowest BCUT2D eigenvalue weighted by atomic mass is 10.1. The first-order chi connectivity index (χ1) is 11.5. The van der Waals surface area contributed by atoms with Crippen LogP contribution in [-0.2, 0) is 33.5 Å². The van der Waals surface area contributed by atoms with E-state index in [1.54, 1.807) is 20.8 Å². The average molecular weight is 379 g/mol. The van der Waals surface area contributed by atoms with E-state index in [1.165, 1.54) is 6.92 Å². The Morgan fingerprint density at radius 3 is 1.96 bits per heavy atom. The smallest absolute Gasteiger partial charge is 0.336 e. The van der Waals surface area contributed by atoms with E-state index in [-0.39, 0.29) is 18.0 Å². The van der Waals surface area contributed by atoms with Crippen molar-refractivity contribution < 1.29 is 33.5 Å². The first kappa shape index (κ1) is 25.8.